The molecule has 2 aromatic carbocycles. The van der Waals surface area contributed by atoms with Crippen LogP contribution >= 0.6 is 0 Å². The fourth-order valence-electron chi connectivity index (χ4n) is 4.98. The van der Waals surface area contributed by atoms with E-state index in [4.69, 9.17) is 0 Å². The minimum absolute atomic E-state index is 0. The van der Waals surface area contributed by atoms with Crippen LogP contribution in [-0.2, 0) is 23.0 Å². The van der Waals surface area contributed by atoms with Gasteiger partial charge in [0.15, 0.2) is 0 Å². The van der Waals surface area contributed by atoms with Gasteiger partial charge in [0.1, 0.15) is 10.1 Å². The Balaban J connectivity index is 0.00000612. The summed E-state index contributed by atoms with van der Waals surface area (Å²) < 4.78 is 36.6. The Kier molecular flexibility index (Phi) is 18.4. The topological polar surface area (TPSA) is 57.2 Å². The maximum atomic E-state index is 12.2. The first-order valence-corrected chi connectivity index (χ1v) is 15.4. The van der Waals surface area contributed by atoms with Gasteiger partial charge in [-0.3, -0.25) is 0 Å². The molecule has 0 N–H and O–H groups in total. The van der Waals surface area contributed by atoms with Gasteiger partial charge in [0, 0.05) is 5.39 Å². The molecule has 0 amide bonds. The predicted octanol–water partition coefficient (Wildman–Crippen LogP) is 6.11. The fourth-order valence-corrected chi connectivity index (χ4v) is 5.78. The third kappa shape index (κ3) is 13.0. The van der Waals surface area contributed by atoms with Gasteiger partial charge in [-0.15, -0.1) is 0 Å². The second-order valence-corrected chi connectivity index (χ2v) is 11.4. The summed E-state index contributed by atoms with van der Waals surface area (Å²) in [6.45, 7) is 4.47. The molecule has 0 fully saturated rings. The molecule has 192 valence electrons. The molecule has 0 aromatic heterocycles. The SMILES string of the molecule is CCCCCCCCCCc1cc(S(=O)(=O)[O-])c2c(CCCCCCCCCC)cccc2c1.[K+]. The zero-order valence-electron chi connectivity index (χ0n) is 22.7. The summed E-state index contributed by atoms with van der Waals surface area (Å²) >= 11 is 0. The van der Waals surface area contributed by atoms with Crippen molar-refractivity contribution in [1.29, 1.82) is 0 Å². The molecule has 0 aliphatic rings. The van der Waals surface area contributed by atoms with Crippen molar-refractivity contribution in [3.05, 3.63) is 41.5 Å². The summed E-state index contributed by atoms with van der Waals surface area (Å²) in [5.74, 6) is 0. The third-order valence-corrected chi connectivity index (χ3v) is 7.84. The summed E-state index contributed by atoms with van der Waals surface area (Å²) in [4.78, 5) is -0.0188. The smallest absolute Gasteiger partial charge is 0.744 e. The number of rotatable bonds is 19. The van der Waals surface area contributed by atoms with Crippen molar-refractivity contribution in [1.82, 2.24) is 0 Å². The number of fused-ring (bicyclic) bond motifs is 1. The molecule has 0 saturated heterocycles. The number of benzene rings is 2. The minimum atomic E-state index is -4.52. The zero-order chi connectivity index (χ0) is 24.7. The zero-order valence-corrected chi connectivity index (χ0v) is 26.7. The van der Waals surface area contributed by atoms with Gasteiger partial charge in [0.25, 0.3) is 0 Å². The van der Waals surface area contributed by atoms with Crippen LogP contribution in [-0.4, -0.2) is 13.0 Å². The molecule has 0 bridgehead atoms. The summed E-state index contributed by atoms with van der Waals surface area (Å²) in [5.41, 5.74) is 1.97. The average molecular weight is 527 g/mol. The first-order chi connectivity index (χ1) is 16.5. The van der Waals surface area contributed by atoms with Crippen LogP contribution in [0.25, 0.3) is 10.8 Å². The van der Waals surface area contributed by atoms with Crippen LogP contribution in [0.2, 0.25) is 0 Å². The molecule has 0 aliphatic carbocycles. The normalized spacial score (nSPS) is 11.6. The van der Waals surface area contributed by atoms with Crippen LogP contribution < -0.4 is 51.4 Å². The van der Waals surface area contributed by atoms with Gasteiger partial charge in [-0.1, -0.05) is 128 Å². The van der Waals surface area contributed by atoms with Crippen molar-refractivity contribution in [2.75, 3.05) is 0 Å². The van der Waals surface area contributed by atoms with Crippen molar-refractivity contribution in [2.45, 2.75) is 134 Å². The summed E-state index contributed by atoms with van der Waals surface area (Å²) in [6.07, 6.45) is 21.5. The Morgan fingerprint density at radius 1 is 0.657 bits per heavy atom. The van der Waals surface area contributed by atoms with Gasteiger partial charge in [0.2, 0.25) is 0 Å². The van der Waals surface area contributed by atoms with Crippen LogP contribution in [0.15, 0.2) is 35.2 Å². The maximum absolute atomic E-state index is 12.2. The molecular formula is C30H47KO3S. The van der Waals surface area contributed by atoms with Gasteiger partial charge in [-0.25, -0.2) is 8.42 Å². The molecule has 0 heterocycles. The number of aryl methyl sites for hydroxylation is 2. The number of hydrogen-bond donors (Lipinski definition) is 0. The standard InChI is InChI=1S/C30H48O3S.K/c1-3-5-7-9-11-13-15-17-20-26-24-28-23-19-22-27(30(28)29(25-26)34(31,32)33)21-18-16-14-12-10-8-6-4-2;/h19,22-25H,3-18,20-21H2,1-2H3,(H,31,32,33);/q;+1/p-1. The van der Waals surface area contributed by atoms with Crippen molar-refractivity contribution in [2.24, 2.45) is 0 Å². The summed E-state index contributed by atoms with van der Waals surface area (Å²) in [5, 5.41) is 1.55. The van der Waals surface area contributed by atoms with E-state index in [1.807, 2.05) is 18.2 Å². The predicted molar refractivity (Wildman–Crippen MR) is 145 cm³/mol. The molecule has 0 spiro atoms. The van der Waals surface area contributed by atoms with Crippen molar-refractivity contribution >= 4 is 20.9 Å². The van der Waals surface area contributed by atoms with Crippen molar-refractivity contribution < 1.29 is 64.4 Å². The average Bonchev–Trinajstić information content (AvgIpc) is 2.81. The largest absolute Gasteiger partial charge is 1.00 e. The molecule has 3 nitrogen and oxygen atoms in total. The maximum Gasteiger partial charge on any atom is 1.00 e. The quantitative estimate of drug-likeness (QED) is 0.126. The molecule has 0 aliphatic heterocycles. The molecule has 0 radical (unpaired) electrons. The van der Waals surface area contributed by atoms with E-state index in [0.717, 1.165) is 55.0 Å². The summed E-state index contributed by atoms with van der Waals surface area (Å²) in [7, 11) is -4.52. The number of unbranched alkanes of at least 4 members (excludes halogenated alkanes) is 14. The third-order valence-electron chi connectivity index (χ3n) is 6.97. The molecule has 0 unspecified atom stereocenters. The van der Waals surface area contributed by atoms with E-state index in [0.29, 0.717) is 5.39 Å². The Morgan fingerprint density at radius 3 is 1.66 bits per heavy atom. The van der Waals surface area contributed by atoms with Crippen molar-refractivity contribution in [3.63, 3.8) is 0 Å². The molecule has 35 heavy (non-hydrogen) atoms. The monoisotopic (exact) mass is 526 g/mol. The Morgan fingerprint density at radius 2 is 1.14 bits per heavy atom. The first kappa shape index (κ1) is 33.3. The minimum Gasteiger partial charge on any atom is -0.744 e. The van der Waals surface area contributed by atoms with Gasteiger partial charge in [0.05, 0.1) is 4.90 Å². The van der Waals surface area contributed by atoms with E-state index in [9.17, 15) is 13.0 Å². The molecule has 2 rings (SSSR count). The van der Waals surface area contributed by atoms with E-state index in [1.165, 1.54) is 77.0 Å². The van der Waals surface area contributed by atoms with E-state index >= 15 is 0 Å². The second kappa shape index (κ2) is 19.3. The summed E-state index contributed by atoms with van der Waals surface area (Å²) in [6, 6.07) is 9.71. The van der Waals surface area contributed by atoms with Crippen LogP contribution in [0.1, 0.15) is 128 Å². The van der Waals surface area contributed by atoms with Gasteiger partial charge in [-0.2, -0.15) is 0 Å². The van der Waals surface area contributed by atoms with Crippen LogP contribution in [0.4, 0.5) is 0 Å². The van der Waals surface area contributed by atoms with E-state index in [1.54, 1.807) is 6.07 Å². The molecule has 2 aromatic rings. The van der Waals surface area contributed by atoms with Crippen LogP contribution in [0, 0.1) is 0 Å². The Labute approximate surface area is 258 Å². The van der Waals surface area contributed by atoms with Gasteiger partial charge < -0.3 is 4.55 Å². The molecule has 0 saturated carbocycles. The van der Waals surface area contributed by atoms with E-state index in [-0.39, 0.29) is 56.3 Å². The van der Waals surface area contributed by atoms with Crippen LogP contribution in [0.5, 0.6) is 0 Å². The Hall–Kier alpha value is 0.246. The number of hydrogen-bond acceptors (Lipinski definition) is 3. The van der Waals surface area contributed by atoms with Crippen LogP contribution in [0.3, 0.4) is 0 Å². The fraction of sp³-hybridized carbons (Fsp3) is 0.667. The first-order valence-electron chi connectivity index (χ1n) is 14.0. The van der Waals surface area contributed by atoms with Gasteiger partial charge >= 0.3 is 51.4 Å². The van der Waals surface area contributed by atoms with E-state index in [2.05, 4.69) is 19.9 Å². The Bertz CT molecular complexity index is 940. The molecule has 0 atom stereocenters. The van der Waals surface area contributed by atoms with Crippen molar-refractivity contribution in [3.8, 4) is 0 Å². The van der Waals surface area contributed by atoms with Gasteiger partial charge in [-0.05, 0) is 48.3 Å². The molecule has 5 heteroatoms. The second-order valence-electron chi connectivity index (χ2n) is 10.0. The van der Waals surface area contributed by atoms with E-state index < -0.39 is 10.1 Å². The molecular weight excluding hydrogens is 479 g/mol.